The molecule has 5 heterocycles. The van der Waals surface area contributed by atoms with Crippen molar-refractivity contribution >= 4 is 30.3 Å². The molecule has 3 N–H and O–H groups in total. The number of hydrogen-bond acceptors (Lipinski definition) is 7. The Morgan fingerprint density at radius 3 is 2.69 bits per heavy atom. The lowest BCUT2D eigenvalue weighted by Gasteiger charge is -2.38. The summed E-state index contributed by atoms with van der Waals surface area (Å²) >= 11 is 0. The van der Waals surface area contributed by atoms with Gasteiger partial charge in [-0.2, -0.15) is 0 Å². The van der Waals surface area contributed by atoms with Crippen LogP contribution < -0.4 is 11.3 Å². The summed E-state index contributed by atoms with van der Waals surface area (Å²) in [5.41, 5.74) is 9.14. The number of aromatic nitrogens is 2. The predicted octanol–water partition coefficient (Wildman–Crippen LogP) is 3.80. The molecule has 39 heavy (non-hydrogen) atoms. The lowest BCUT2D eigenvalue weighted by molar-refractivity contribution is -0.170. The number of pyridine rings is 2. The average molecular weight is 545 g/mol. The molecule has 2 aromatic carbocycles. The number of ether oxygens (including phenoxy) is 1. The van der Waals surface area contributed by atoms with Gasteiger partial charge in [-0.15, -0.1) is 0 Å². The van der Waals surface area contributed by atoms with Crippen LogP contribution in [-0.4, -0.2) is 25.1 Å². The van der Waals surface area contributed by atoms with Crippen molar-refractivity contribution in [2.24, 2.45) is 0 Å². The fourth-order valence-electron chi connectivity index (χ4n) is 5.90. The van der Waals surface area contributed by atoms with E-state index >= 15 is 0 Å². The van der Waals surface area contributed by atoms with Crippen molar-refractivity contribution in [1.82, 2.24) is 14.2 Å². The Kier molecular flexibility index (Phi) is 5.18. The zero-order valence-electron chi connectivity index (χ0n) is 21.1. The molecule has 0 radical (unpaired) electrons. The van der Waals surface area contributed by atoms with Gasteiger partial charge in [-0.25, -0.2) is 19.0 Å². The van der Waals surface area contributed by atoms with Crippen LogP contribution in [0.1, 0.15) is 41.2 Å². The van der Waals surface area contributed by atoms with E-state index in [1.165, 1.54) is 4.67 Å². The normalized spacial score (nSPS) is 21.1. The molecule has 10 nitrogen and oxygen atoms in total. The molecule has 3 aliphatic rings. The third-order valence-electron chi connectivity index (χ3n) is 7.95. The van der Waals surface area contributed by atoms with E-state index in [4.69, 9.17) is 20.0 Å². The maximum absolute atomic E-state index is 13.7. The van der Waals surface area contributed by atoms with Gasteiger partial charge in [0.1, 0.15) is 6.61 Å². The first kappa shape index (κ1) is 24.2. The highest BCUT2D eigenvalue weighted by Gasteiger charge is 2.53. The van der Waals surface area contributed by atoms with Crippen LogP contribution in [0.15, 0.2) is 59.4 Å². The number of esters is 1. The van der Waals surface area contributed by atoms with Gasteiger partial charge in [0.2, 0.25) is 5.60 Å². The van der Waals surface area contributed by atoms with Gasteiger partial charge in [-0.3, -0.25) is 9.32 Å². The van der Waals surface area contributed by atoms with Crippen LogP contribution in [0.2, 0.25) is 0 Å². The zero-order chi connectivity index (χ0) is 27.1. The molecule has 2 aromatic heterocycles. The van der Waals surface area contributed by atoms with Crippen molar-refractivity contribution in [2.45, 2.75) is 45.2 Å². The molecule has 11 heteroatoms. The number of hydrogen-bond donors (Lipinski definition) is 2. The van der Waals surface area contributed by atoms with Crippen molar-refractivity contribution in [3.05, 3.63) is 92.8 Å². The number of fused-ring (bicyclic) bond motifs is 6. The molecule has 0 saturated heterocycles. The van der Waals surface area contributed by atoms with Crippen LogP contribution in [-0.2, 0) is 50.5 Å². The third-order valence-corrected chi connectivity index (χ3v) is 9.50. The summed E-state index contributed by atoms with van der Waals surface area (Å²) < 4.78 is 28.0. The van der Waals surface area contributed by atoms with E-state index in [1.807, 2.05) is 36.4 Å². The predicted molar refractivity (Wildman–Crippen MR) is 143 cm³/mol. The largest absolute Gasteiger partial charge is 0.458 e. The maximum atomic E-state index is 13.7. The summed E-state index contributed by atoms with van der Waals surface area (Å²) in [6.45, 7) is 2.04. The fraction of sp³-hybridized carbons (Fsp3) is 0.250. The number of rotatable bonds is 4. The number of nitrogen functional groups attached to an aromatic ring is 1. The molecule has 3 aliphatic heterocycles. The van der Waals surface area contributed by atoms with Crippen molar-refractivity contribution in [3.63, 3.8) is 0 Å². The molecule has 0 aliphatic carbocycles. The van der Waals surface area contributed by atoms with Crippen molar-refractivity contribution in [3.8, 4) is 11.4 Å². The monoisotopic (exact) mass is 544 g/mol. The Labute approximate surface area is 223 Å². The third kappa shape index (κ3) is 3.53. The van der Waals surface area contributed by atoms with Crippen LogP contribution >= 0.6 is 7.75 Å². The molecule has 0 saturated carbocycles. The lowest BCUT2D eigenvalue weighted by atomic mass is 9.86. The van der Waals surface area contributed by atoms with Gasteiger partial charge in [-0.05, 0) is 47.9 Å². The number of para-hydroxylation sites is 1. The Bertz CT molecular complexity index is 1840. The van der Waals surface area contributed by atoms with Gasteiger partial charge in [0.25, 0.3) is 5.56 Å². The molecule has 0 bridgehead atoms. The quantitative estimate of drug-likeness (QED) is 0.197. The minimum absolute atomic E-state index is 0.0159. The second-order valence-electron chi connectivity index (χ2n) is 10.2. The SMILES string of the molecule is CC[C@@]1(OP(=O)(O)N2Cc3ccc(N)cc3C2)C(=O)OCc2c1cc1n(c2=O)Cc2cc3ccccc3nc2-1. The van der Waals surface area contributed by atoms with Crippen molar-refractivity contribution < 1.29 is 23.5 Å². The molecule has 198 valence electrons. The van der Waals surface area contributed by atoms with Gasteiger partial charge in [0.15, 0.2) is 0 Å². The number of anilines is 1. The van der Waals surface area contributed by atoms with E-state index in [0.29, 0.717) is 23.6 Å². The summed E-state index contributed by atoms with van der Waals surface area (Å²) in [6.07, 6.45) is -0.0159. The second-order valence-corrected chi connectivity index (χ2v) is 11.9. The van der Waals surface area contributed by atoms with E-state index in [0.717, 1.165) is 27.6 Å². The number of benzene rings is 2. The number of carbonyl (C=O) groups is 1. The molecule has 0 amide bonds. The summed E-state index contributed by atoms with van der Waals surface area (Å²) in [5, 5.41) is 0.959. The van der Waals surface area contributed by atoms with Crippen LogP contribution in [0.4, 0.5) is 5.69 Å². The van der Waals surface area contributed by atoms with Gasteiger partial charge in [0.05, 0.1) is 29.0 Å². The number of nitrogens with zero attached hydrogens (tertiary/aromatic N) is 3. The first-order valence-electron chi connectivity index (χ1n) is 12.7. The van der Waals surface area contributed by atoms with E-state index in [9.17, 15) is 19.0 Å². The van der Waals surface area contributed by atoms with Gasteiger partial charge in [0, 0.05) is 35.3 Å². The highest BCUT2D eigenvalue weighted by molar-refractivity contribution is 7.50. The number of cyclic esters (lactones) is 1. The Balaban J connectivity index is 1.34. The average Bonchev–Trinajstić information content (AvgIpc) is 3.51. The first-order valence-corrected chi connectivity index (χ1v) is 14.2. The summed E-state index contributed by atoms with van der Waals surface area (Å²) in [7, 11) is -4.55. The second kappa shape index (κ2) is 8.34. The zero-order valence-corrected chi connectivity index (χ0v) is 22.0. The molecule has 0 spiro atoms. The molecule has 2 atom stereocenters. The number of nitrogens with two attached hydrogens (primary N) is 1. The molecule has 1 unspecified atom stereocenters. The summed E-state index contributed by atoms with van der Waals surface area (Å²) in [5.74, 6) is -0.804. The molecule has 4 aromatic rings. The van der Waals surface area contributed by atoms with Crippen LogP contribution in [0.3, 0.4) is 0 Å². The van der Waals surface area contributed by atoms with E-state index in [2.05, 4.69) is 0 Å². The molecular formula is C28H25N4O6P. The van der Waals surface area contributed by atoms with Crippen LogP contribution in [0, 0.1) is 0 Å². The van der Waals surface area contributed by atoms with Gasteiger partial charge in [-0.1, -0.05) is 31.2 Å². The van der Waals surface area contributed by atoms with Crippen LogP contribution in [0.5, 0.6) is 0 Å². The van der Waals surface area contributed by atoms with Gasteiger partial charge < -0.3 is 19.9 Å². The first-order chi connectivity index (χ1) is 18.7. The Morgan fingerprint density at radius 1 is 1.08 bits per heavy atom. The highest BCUT2D eigenvalue weighted by Crippen LogP contribution is 2.57. The summed E-state index contributed by atoms with van der Waals surface area (Å²) in [4.78, 5) is 43.1. The topological polar surface area (TPSA) is 137 Å². The van der Waals surface area contributed by atoms with E-state index in [-0.39, 0.29) is 42.8 Å². The molecule has 7 rings (SSSR count). The molecule has 0 fully saturated rings. The van der Waals surface area contributed by atoms with E-state index < -0.39 is 19.3 Å². The van der Waals surface area contributed by atoms with E-state index in [1.54, 1.807) is 29.7 Å². The maximum Gasteiger partial charge on any atom is 0.407 e. The highest BCUT2D eigenvalue weighted by atomic mass is 31.2. The number of carbonyl (C=O) groups excluding carboxylic acids is 1. The minimum atomic E-state index is -4.55. The Hall–Kier alpha value is -3.82. The molecular weight excluding hydrogens is 519 g/mol. The fourth-order valence-corrected chi connectivity index (χ4v) is 7.39. The van der Waals surface area contributed by atoms with Crippen molar-refractivity contribution in [2.75, 3.05) is 5.73 Å². The van der Waals surface area contributed by atoms with Crippen molar-refractivity contribution in [1.29, 1.82) is 0 Å². The minimum Gasteiger partial charge on any atom is -0.458 e. The van der Waals surface area contributed by atoms with Gasteiger partial charge >= 0.3 is 13.7 Å². The summed E-state index contributed by atoms with van der Waals surface area (Å²) in [6, 6.07) is 16.7. The lowest BCUT2D eigenvalue weighted by Crippen LogP contribution is -2.46. The standard InChI is InChI=1S/C28H25N4O6P/c1-2-28(38-39(35,36)31-12-17-7-8-20(29)10-18(17)13-31)22-11-24-25-19(9-16-5-3-4-6-23(16)30-25)14-32(24)26(33)21(22)15-37-27(28)34/h3-11H,2,12-15,29H2,1H3,(H,35,36)/t28-/m0/s1. The smallest absolute Gasteiger partial charge is 0.407 e. The van der Waals surface area contributed by atoms with Crippen LogP contribution in [0.25, 0.3) is 22.3 Å². The Morgan fingerprint density at radius 2 is 1.87 bits per heavy atom.